The van der Waals surface area contributed by atoms with Crippen LogP contribution in [0.4, 0.5) is 0 Å². The van der Waals surface area contributed by atoms with E-state index < -0.39 is 0 Å². The highest BCUT2D eigenvalue weighted by molar-refractivity contribution is 7.80. The van der Waals surface area contributed by atoms with Gasteiger partial charge in [0.25, 0.3) is 5.56 Å². The lowest BCUT2D eigenvalue weighted by Crippen LogP contribution is -2.42. The Hall–Kier alpha value is -3.10. The molecule has 8 heteroatoms. The molecule has 34 heavy (non-hydrogen) atoms. The molecule has 2 aromatic carbocycles. The van der Waals surface area contributed by atoms with E-state index in [4.69, 9.17) is 21.7 Å². The number of aromatic amines is 1. The van der Waals surface area contributed by atoms with Gasteiger partial charge in [0.2, 0.25) is 0 Å². The summed E-state index contributed by atoms with van der Waals surface area (Å²) in [7, 11) is 7.28. The summed E-state index contributed by atoms with van der Waals surface area (Å²) in [6.07, 6.45) is 1.81. The van der Waals surface area contributed by atoms with Crippen LogP contribution in [0.15, 0.2) is 53.3 Å². The van der Waals surface area contributed by atoms with E-state index in [9.17, 15) is 4.79 Å². The molecule has 0 bridgehead atoms. The third-order valence-corrected chi connectivity index (χ3v) is 6.04. The maximum absolute atomic E-state index is 12.9. The topological polar surface area (TPSA) is 69.8 Å². The van der Waals surface area contributed by atoms with Crippen LogP contribution in [-0.2, 0) is 13.0 Å². The van der Waals surface area contributed by atoms with Gasteiger partial charge in [0.15, 0.2) is 16.6 Å². The van der Waals surface area contributed by atoms with E-state index in [1.807, 2.05) is 30.3 Å². The van der Waals surface area contributed by atoms with E-state index in [0.717, 1.165) is 37.9 Å². The first-order chi connectivity index (χ1) is 16.4. The van der Waals surface area contributed by atoms with Gasteiger partial charge >= 0.3 is 0 Å². The quantitative estimate of drug-likeness (QED) is 0.406. The minimum absolute atomic E-state index is 0.135. The zero-order valence-corrected chi connectivity index (χ0v) is 21.2. The van der Waals surface area contributed by atoms with Crippen molar-refractivity contribution in [3.05, 3.63) is 70.0 Å². The van der Waals surface area contributed by atoms with Gasteiger partial charge in [0.1, 0.15) is 0 Å². The number of aromatic nitrogens is 1. The number of thiocarbonyl (C=S) groups is 1. The number of hydrogen-bond acceptors (Lipinski definition) is 5. The second-order valence-electron chi connectivity index (χ2n) is 8.46. The Kier molecular flexibility index (Phi) is 9.30. The van der Waals surface area contributed by atoms with Crippen molar-refractivity contribution in [3.8, 4) is 11.5 Å². The molecule has 182 valence electrons. The molecule has 0 atom stereocenters. The third-order valence-electron chi connectivity index (χ3n) is 5.64. The zero-order valence-electron chi connectivity index (χ0n) is 20.4. The van der Waals surface area contributed by atoms with Gasteiger partial charge in [-0.1, -0.05) is 30.3 Å². The van der Waals surface area contributed by atoms with E-state index in [1.54, 1.807) is 20.3 Å². The van der Waals surface area contributed by atoms with Crippen molar-refractivity contribution in [1.82, 2.24) is 20.1 Å². The molecule has 0 fully saturated rings. The Morgan fingerprint density at radius 1 is 1.03 bits per heavy atom. The predicted molar refractivity (Wildman–Crippen MR) is 142 cm³/mol. The fourth-order valence-corrected chi connectivity index (χ4v) is 4.06. The van der Waals surface area contributed by atoms with E-state index in [1.165, 1.54) is 5.56 Å². The van der Waals surface area contributed by atoms with Crippen LogP contribution in [-0.4, -0.2) is 67.8 Å². The minimum atomic E-state index is -0.135. The molecular weight excluding hydrogens is 448 g/mol. The number of rotatable bonds is 11. The summed E-state index contributed by atoms with van der Waals surface area (Å²) in [6, 6.07) is 15.9. The van der Waals surface area contributed by atoms with Crippen LogP contribution in [0.2, 0.25) is 0 Å². The molecule has 2 N–H and O–H groups in total. The average molecular weight is 483 g/mol. The Bertz CT molecular complexity index is 1150. The highest BCUT2D eigenvalue weighted by atomic mass is 32.1. The van der Waals surface area contributed by atoms with E-state index >= 15 is 0 Å². The molecular formula is C26H34N4O3S. The monoisotopic (exact) mass is 482 g/mol. The summed E-state index contributed by atoms with van der Waals surface area (Å²) in [5.74, 6) is 1.20. The summed E-state index contributed by atoms with van der Waals surface area (Å²) in [6.45, 7) is 2.84. The van der Waals surface area contributed by atoms with E-state index in [2.05, 4.69) is 46.3 Å². The SMILES string of the molecule is COc1cc2cc(CN(CCCN(C)C)C(=S)NCCc3ccccc3)c(=O)[nH]c2cc1OC. The van der Waals surface area contributed by atoms with E-state index in [0.29, 0.717) is 34.2 Å². The third kappa shape index (κ3) is 6.95. The maximum atomic E-state index is 12.9. The average Bonchev–Trinajstić information content (AvgIpc) is 2.83. The number of nitrogens with zero attached hydrogens (tertiary/aromatic N) is 2. The maximum Gasteiger partial charge on any atom is 0.253 e. The number of ether oxygens (including phenoxy) is 2. The van der Waals surface area contributed by atoms with Crippen molar-refractivity contribution in [3.63, 3.8) is 0 Å². The van der Waals surface area contributed by atoms with Crippen LogP contribution in [0.1, 0.15) is 17.5 Å². The molecule has 3 rings (SSSR count). The van der Waals surface area contributed by atoms with Crippen LogP contribution in [0.3, 0.4) is 0 Å². The molecule has 3 aromatic rings. The van der Waals surface area contributed by atoms with Gasteiger partial charge in [-0.3, -0.25) is 4.79 Å². The molecule has 0 aliphatic heterocycles. The molecule has 7 nitrogen and oxygen atoms in total. The van der Waals surface area contributed by atoms with Crippen LogP contribution in [0.25, 0.3) is 10.9 Å². The summed E-state index contributed by atoms with van der Waals surface area (Å²) in [5, 5.41) is 4.91. The summed E-state index contributed by atoms with van der Waals surface area (Å²) < 4.78 is 10.8. The Morgan fingerprint density at radius 2 is 1.74 bits per heavy atom. The van der Waals surface area contributed by atoms with Gasteiger partial charge in [-0.25, -0.2) is 0 Å². The Balaban J connectivity index is 1.77. The molecule has 0 aliphatic carbocycles. The Labute approximate surface area is 206 Å². The van der Waals surface area contributed by atoms with Gasteiger partial charge in [-0.05, 0) is 63.4 Å². The molecule has 0 aliphatic rings. The van der Waals surface area contributed by atoms with Gasteiger partial charge in [0.05, 0.1) is 26.3 Å². The first-order valence-corrected chi connectivity index (χ1v) is 11.8. The molecule has 0 spiro atoms. The Morgan fingerprint density at radius 3 is 2.41 bits per heavy atom. The van der Waals surface area contributed by atoms with Crippen LogP contribution in [0.5, 0.6) is 11.5 Å². The van der Waals surface area contributed by atoms with Gasteiger partial charge < -0.3 is 29.6 Å². The number of H-pyrrole nitrogens is 1. The van der Waals surface area contributed by atoms with Crippen molar-refractivity contribution in [1.29, 1.82) is 0 Å². The highest BCUT2D eigenvalue weighted by Gasteiger charge is 2.15. The lowest BCUT2D eigenvalue weighted by Gasteiger charge is -2.26. The molecule has 0 radical (unpaired) electrons. The fourth-order valence-electron chi connectivity index (χ4n) is 3.80. The van der Waals surface area contributed by atoms with Crippen LogP contribution < -0.4 is 20.3 Å². The van der Waals surface area contributed by atoms with Gasteiger partial charge in [-0.15, -0.1) is 0 Å². The van der Waals surface area contributed by atoms with Crippen LogP contribution >= 0.6 is 12.2 Å². The van der Waals surface area contributed by atoms with Crippen molar-refractivity contribution < 1.29 is 9.47 Å². The first-order valence-electron chi connectivity index (χ1n) is 11.4. The second kappa shape index (κ2) is 12.4. The standard InChI is InChI=1S/C26H34N4O3S/c1-29(2)13-8-14-30(26(34)27-12-11-19-9-6-5-7-10-19)18-21-15-20-16-23(32-3)24(33-4)17-22(20)28-25(21)31/h5-7,9-10,15-17H,8,11-14,18H2,1-4H3,(H,27,34)(H,28,31). The van der Waals surface area contributed by atoms with Crippen molar-refractivity contribution in [2.45, 2.75) is 19.4 Å². The van der Waals surface area contributed by atoms with E-state index in [-0.39, 0.29) is 5.56 Å². The molecule has 0 unspecified atom stereocenters. The molecule has 0 saturated heterocycles. The lowest BCUT2D eigenvalue weighted by atomic mass is 10.1. The second-order valence-corrected chi connectivity index (χ2v) is 8.85. The van der Waals surface area contributed by atoms with Crippen molar-refractivity contribution in [2.24, 2.45) is 0 Å². The number of benzene rings is 2. The highest BCUT2D eigenvalue weighted by Crippen LogP contribution is 2.31. The number of fused-ring (bicyclic) bond motifs is 1. The van der Waals surface area contributed by atoms with Crippen molar-refractivity contribution in [2.75, 3.05) is 47.9 Å². The molecule has 0 amide bonds. The zero-order chi connectivity index (χ0) is 24.5. The lowest BCUT2D eigenvalue weighted by molar-refractivity contribution is 0.340. The number of hydrogen-bond donors (Lipinski definition) is 2. The summed E-state index contributed by atoms with van der Waals surface area (Å²) in [5.41, 5.74) is 2.47. The molecule has 1 heterocycles. The smallest absolute Gasteiger partial charge is 0.253 e. The summed E-state index contributed by atoms with van der Waals surface area (Å²) in [4.78, 5) is 20.1. The van der Waals surface area contributed by atoms with Crippen LogP contribution in [0, 0.1) is 0 Å². The number of methoxy groups -OCH3 is 2. The normalized spacial score (nSPS) is 11.0. The molecule has 1 aromatic heterocycles. The largest absolute Gasteiger partial charge is 0.493 e. The number of nitrogens with one attached hydrogen (secondary N) is 2. The summed E-state index contributed by atoms with van der Waals surface area (Å²) >= 11 is 5.73. The molecule has 0 saturated carbocycles. The van der Waals surface area contributed by atoms with Gasteiger partial charge in [-0.2, -0.15) is 0 Å². The van der Waals surface area contributed by atoms with Crippen molar-refractivity contribution >= 4 is 28.2 Å². The fraction of sp³-hybridized carbons (Fsp3) is 0.385. The first kappa shape index (κ1) is 25.5. The minimum Gasteiger partial charge on any atom is -0.493 e. The predicted octanol–water partition coefficient (Wildman–Crippen LogP) is 3.42. The van der Waals surface area contributed by atoms with Gasteiger partial charge in [0, 0.05) is 30.1 Å². The number of pyridine rings is 1.